The third-order valence-electron chi connectivity index (χ3n) is 3.82. The van der Waals surface area contributed by atoms with Crippen molar-refractivity contribution in [2.24, 2.45) is 5.73 Å². The normalized spacial score (nSPS) is 11.0. The minimum atomic E-state index is 0.371. The minimum Gasteiger partial charge on any atom is -0.325 e. The van der Waals surface area contributed by atoms with Gasteiger partial charge in [-0.2, -0.15) is 5.10 Å². The van der Waals surface area contributed by atoms with E-state index in [1.165, 1.54) is 0 Å². The fraction of sp³-hybridized carbons (Fsp3) is 0.167. The van der Waals surface area contributed by atoms with Gasteiger partial charge in [-0.1, -0.05) is 53.0 Å². The first-order valence-electron chi connectivity index (χ1n) is 7.45. The fourth-order valence-corrected chi connectivity index (χ4v) is 2.99. The van der Waals surface area contributed by atoms with Crippen LogP contribution >= 0.6 is 34.8 Å². The Morgan fingerprint density at radius 2 is 1.75 bits per heavy atom. The molecule has 3 nitrogen and oxygen atoms in total. The van der Waals surface area contributed by atoms with E-state index < -0.39 is 0 Å². The first kappa shape index (κ1) is 17.3. The molecule has 24 heavy (non-hydrogen) atoms. The predicted molar refractivity (Wildman–Crippen MR) is 101 cm³/mol. The minimum absolute atomic E-state index is 0.371. The first-order valence-corrected chi connectivity index (χ1v) is 8.58. The molecule has 0 aliphatic carbocycles. The zero-order chi connectivity index (χ0) is 17.3. The van der Waals surface area contributed by atoms with E-state index >= 15 is 0 Å². The number of rotatable bonds is 4. The van der Waals surface area contributed by atoms with E-state index in [1.54, 1.807) is 6.07 Å². The molecule has 0 saturated heterocycles. The predicted octanol–water partition coefficient (Wildman–Crippen LogP) is 5.33. The van der Waals surface area contributed by atoms with Crippen molar-refractivity contribution in [2.45, 2.75) is 20.0 Å². The van der Waals surface area contributed by atoms with Gasteiger partial charge in [-0.3, -0.25) is 4.68 Å². The lowest BCUT2D eigenvalue weighted by molar-refractivity contribution is 0.678. The smallest absolute Gasteiger partial charge is 0.0767 e. The van der Waals surface area contributed by atoms with Crippen LogP contribution in [0, 0.1) is 6.92 Å². The lowest BCUT2D eigenvalue weighted by Gasteiger charge is -2.10. The Morgan fingerprint density at radius 3 is 2.42 bits per heavy atom. The van der Waals surface area contributed by atoms with E-state index in [1.807, 2.05) is 48.0 Å². The van der Waals surface area contributed by atoms with Crippen molar-refractivity contribution < 1.29 is 0 Å². The topological polar surface area (TPSA) is 43.8 Å². The number of hydrogen-bond acceptors (Lipinski definition) is 2. The van der Waals surface area contributed by atoms with E-state index in [0.717, 1.165) is 33.1 Å². The van der Waals surface area contributed by atoms with Gasteiger partial charge >= 0.3 is 0 Å². The van der Waals surface area contributed by atoms with Gasteiger partial charge in [0.25, 0.3) is 0 Å². The van der Waals surface area contributed by atoms with Crippen LogP contribution in [0.25, 0.3) is 11.3 Å². The standard InChI is InChI=1S/C18H16Cl3N3/c1-11-2-3-12(6-16(11)20)10-24-18(8-14(9-22)23-24)13-4-5-15(19)17(21)7-13/h2-8H,9-10,22H2,1H3. The van der Waals surface area contributed by atoms with Crippen molar-refractivity contribution in [1.29, 1.82) is 0 Å². The SMILES string of the molecule is Cc1ccc(Cn2nc(CN)cc2-c2ccc(Cl)c(Cl)c2)cc1Cl. The monoisotopic (exact) mass is 379 g/mol. The Kier molecular flexibility index (Phi) is 5.16. The molecule has 0 saturated carbocycles. The fourth-order valence-electron chi connectivity index (χ4n) is 2.49. The molecule has 3 aromatic rings. The number of hydrogen-bond donors (Lipinski definition) is 1. The number of aromatic nitrogens is 2. The summed E-state index contributed by atoms with van der Waals surface area (Å²) in [5.74, 6) is 0. The average Bonchev–Trinajstić information content (AvgIpc) is 2.96. The molecular formula is C18H16Cl3N3. The Bertz CT molecular complexity index is 887. The third-order valence-corrected chi connectivity index (χ3v) is 4.97. The van der Waals surface area contributed by atoms with E-state index in [2.05, 4.69) is 5.10 Å². The van der Waals surface area contributed by atoms with Crippen molar-refractivity contribution in [2.75, 3.05) is 0 Å². The van der Waals surface area contributed by atoms with E-state index in [4.69, 9.17) is 40.5 Å². The lowest BCUT2D eigenvalue weighted by Crippen LogP contribution is -2.05. The Morgan fingerprint density at radius 1 is 0.958 bits per heavy atom. The van der Waals surface area contributed by atoms with Crippen molar-refractivity contribution >= 4 is 34.8 Å². The van der Waals surface area contributed by atoms with Crippen LogP contribution in [0.4, 0.5) is 0 Å². The lowest BCUT2D eigenvalue weighted by atomic mass is 10.1. The molecule has 0 bridgehead atoms. The van der Waals surface area contributed by atoms with Crippen molar-refractivity contribution in [1.82, 2.24) is 9.78 Å². The highest BCUT2D eigenvalue weighted by atomic mass is 35.5. The number of nitrogens with two attached hydrogens (primary N) is 1. The number of halogens is 3. The van der Waals surface area contributed by atoms with Gasteiger partial charge in [-0.15, -0.1) is 0 Å². The summed E-state index contributed by atoms with van der Waals surface area (Å²) in [6.07, 6.45) is 0. The largest absolute Gasteiger partial charge is 0.325 e. The molecule has 6 heteroatoms. The van der Waals surface area contributed by atoms with Crippen LogP contribution < -0.4 is 5.73 Å². The molecule has 0 atom stereocenters. The Labute approximate surface area is 155 Å². The van der Waals surface area contributed by atoms with Gasteiger partial charge in [-0.25, -0.2) is 0 Å². The molecule has 0 unspecified atom stereocenters. The summed E-state index contributed by atoms with van der Waals surface area (Å²) in [5.41, 5.74) is 10.6. The first-order chi connectivity index (χ1) is 11.5. The van der Waals surface area contributed by atoms with Gasteiger partial charge in [0.05, 0.1) is 28.0 Å². The summed E-state index contributed by atoms with van der Waals surface area (Å²) in [6, 6.07) is 13.5. The van der Waals surface area contributed by atoms with Crippen LogP contribution in [0.3, 0.4) is 0 Å². The molecule has 3 rings (SSSR count). The molecule has 0 amide bonds. The highest BCUT2D eigenvalue weighted by Gasteiger charge is 2.12. The van der Waals surface area contributed by atoms with E-state index in [9.17, 15) is 0 Å². The van der Waals surface area contributed by atoms with Gasteiger partial charge < -0.3 is 5.73 Å². The Hall–Kier alpha value is -1.52. The summed E-state index contributed by atoms with van der Waals surface area (Å²) < 4.78 is 1.91. The average molecular weight is 381 g/mol. The van der Waals surface area contributed by atoms with Gasteiger partial charge in [0.2, 0.25) is 0 Å². The van der Waals surface area contributed by atoms with Crippen molar-refractivity contribution in [3.8, 4) is 11.3 Å². The van der Waals surface area contributed by atoms with Crippen LogP contribution in [0.15, 0.2) is 42.5 Å². The van der Waals surface area contributed by atoms with Crippen molar-refractivity contribution in [3.05, 3.63) is 74.4 Å². The molecule has 0 aliphatic rings. The molecule has 1 aromatic heterocycles. The van der Waals surface area contributed by atoms with Crippen LogP contribution in [0.2, 0.25) is 15.1 Å². The second-order valence-corrected chi connectivity index (χ2v) is 6.82. The summed E-state index contributed by atoms with van der Waals surface area (Å²) in [7, 11) is 0. The number of aryl methyl sites for hydroxylation is 1. The maximum absolute atomic E-state index is 6.23. The van der Waals surface area contributed by atoms with Crippen LogP contribution in [0.1, 0.15) is 16.8 Å². The van der Waals surface area contributed by atoms with Crippen LogP contribution in [0.5, 0.6) is 0 Å². The maximum Gasteiger partial charge on any atom is 0.0767 e. The molecule has 0 fully saturated rings. The second-order valence-electron chi connectivity index (χ2n) is 5.60. The van der Waals surface area contributed by atoms with Crippen LogP contribution in [-0.4, -0.2) is 9.78 Å². The van der Waals surface area contributed by atoms with Gasteiger partial charge in [0, 0.05) is 17.1 Å². The highest BCUT2D eigenvalue weighted by Crippen LogP contribution is 2.29. The molecular weight excluding hydrogens is 365 g/mol. The maximum atomic E-state index is 6.23. The van der Waals surface area contributed by atoms with Gasteiger partial charge in [0.1, 0.15) is 0 Å². The molecule has 124 valence electrons. The zero-order valence-corrected chi connectivity index (χ0v) is 15.3. The summed E-state index contributed by atoms with van der Waals surface area (Å²) in [6.45, 7) is 2.94. The van der Waals surface area contributed by atoms with Gasteiger partial charge in [-0.05, 0) is 42.3 Å². The zero-order valence-electron chi connectivity index (χ0n) is 13.1. The molecule has 1 heterocycles. The molecule has 2 aromatic carbocycles. The summed E-state index contributed by atoms with van der Waals surface area (Å²) in [4.78, 5) is 0. The summed E-state index contributed by atoms with van der Waals surface area (Å²) >= 11 is 18.4. The van der Waals surface area contributed by atoms with Gasteiger partial charge in [0.15, 0.2) is 0 Å². The molecule has 2 N–H and O–H groups in total. The highest BCUT2D eigenvalue weighted by molar-refractivity contribution is 6.42. The second kappa shape index (κ2) is 7.16. The van der Waals surface area contributed by atoms with Crippen molar-refractivity contribution in [3.63, 3.8) is 0 Å². The van der Waals surface area contributed by atoms with E-state index in [-0.39, 0.29) is 0 Å². The molecule has 0 radical (unpaired) electrons. The number of benzene rings is 2. The molecule has 0 spiro atoms. The van der Waals surface area contributed by atoms with Crippen LogP contribution in [-0.2, 0) is 13.1 Å². The summed E-state index contributed by atoms with van der Waals surface area (Å²) in [5, 5.41) is 6.36. The van der Waals surface area contributed by atoms with E-state index in [0.29, 0.717) is 23.1 Å². The Balaban J connectivity index is 2.02. The quantitative estimate of drug-likeness (QED) is 0.665. The molecule has 0 aliphatic heterocycles. The third kappa shape index (κ3) is 3.60. The number of nitrogens with zero attached hydrogens (tertiary/aromatic N) is 2.